The van der Waals surface area contributed by atoms with Crippen LogP contribution >= 0.6 is 0 Å². The van der Waals surface area contributed by atoms with Crippen LogP contribution in [0.2, 0.25) is 0 Å². The summed E-state index contributed by atoms with van der Waals surface area (Å²) in [6.45, 7) is 3.61. The van der Waals surface area contributed by atoms with Crippen LogP contribution < -0.4 is 0 Å². The van der Waals surface area contributed by atoms with Gasteiger partial charge in [0.1, 0.15) is 5.82 Å². The predicted molar refractivity (Wildman–Crippen MR) is 75.5 cm³/mol. The van der Waals surface area contributed by atoms with Gasteiger partial charge in [-0.15, -0.1) is 0 Å². The summed E-state index contributed by atoms with van der Waals surface area (Å²) in [4.78, 5) is 8.04. The second kappa shape index (κ2) is 5.34. The molecule has 0 fully saturated rings. The molecule has 2 rings (SSSR count). The maximum absolute atomic E-state index is 12.5. The average Bonchev–Trinajstić information content (AvgIpc) is 2.78. The molecule has 2 aromatic heterocycles. The number of nitrogens with zero attached hydrogens (tertiary/aromatic N) is 4. The summed E-state index contributed by atoms with van der Waals surface area (Å²) < 4.78 is 28.1. The van der Waals surface area contributed by atoms with E-state index in [1.807, 2.05) is 6.92 Å². The molecule has 7 heteroatoms. The zero-order valence-electron chi connectivity index (χ0n) is 12.0. The highest BCUT2D eigenvalue weighted by atomic mass is 32.2. The highest BCUT2D eigenvalue weighted by molar-refractivity contribution is 7.89. The molecular weight excluding hydrogens is 276 g/mol. The van der Waals surface area contributed by atoms with Gasteiger partial charge in [-0.1, -0.05) is 0 Å². The molecule has 0 aliphatic heterocycles. The van der Waals surface area contributed by atoms with Crippen LogP contribution in [0.25, 0.3) is 0 Å². The second-order valence-electron chi connectivity index (χ2n) is 4.72. The SMILES string of the molecule is Cc1nc(S(=O)(=O)N(C)C(C)c2ccncc2)cn1C. The minimum Gasteiger partial charge on any atom is -0.337 e. The number of aryl methyl sites for hydroxylation is 2. The minimum atomic E-state index is -3.61. The standard InChI is InChI=1S/C13H18N4O2S/c1-10(12-5-7-14-8-6-12)17(4)20(18,19)13-9-16(3)11(2)15-13/h5-10H,1-4H3. The van der Waals surface area contributed by atoms with Gasteiger partial charge in [0.25, 0.3) is 10.0 Å². The van der Waals surface area contributed by atoms with Gasteiger partial charge in [0.05, 0.1) is 0 Å². The summed E-state index contributed by atoms with van der Waals surface area (Å²) in [5.74, 6) is 0.661. The zero-order valence-corrected chi connectivity index (χ0v) is 12.8. The van der Waals surface area contributed by atoms with Crippen molar-refractivity contribution < 1.29 is 8.42 Å². The Bertz CT molecular complexity index is 675. The molecule has 2 aromatic rings. The topological polar surface area (TPSA) is 68.1 Å². The Balaban J connectivity index is 2.34. The van der Waals surface area contributed by atoms with Gasteiger partial charge in [-0.25, -0.2) is 13.4 Å². The summed E-state index contributed by atoms with van der Waals surface area (Å²) in [5.41, 5.74) is 0.888. The Morgan fingerprint density at radius 2 is 1.90 bits per heavy atom. The number of hydrogen-bond donors (Lipinski definition) is 0. The summed E-state index contributed by atoms with van der Waals surface area (Å²) in [6, 6.07) is 3.33. The number of sulfonamides is 1. The van der Waals surface area contributed by atoms with Gasteiger partial charge >= 0.3 is 0 Å². The molecule has 0 saturated heterocycles. The van der Waals surface area contributed by atoms with Gasteiger partial charge in [-0.2, -0.15) is 4.31 Å². The van der Waals surface area contributed by atoms with Gasteiger partial charge in [-0.3, -0.25) is 4.98 Å². The Labute approximate surface area is 119 Å². The molecule has 0 aromatic carbocycles. The van der Waals surface area contributed by atoms with Crippen LogP contribution in [0.5, 0.6) is 0 Å². The van der Waals surface area contributed by atoms with Crippen LogP contribution in [0, 0.1) is 6.92 Å². The van der Waals surface area contributed by atoms with E-state index in [1.165, 1.54) is 10.5 Å². The first kappa shape index (κ1) is 14.7. The van der Waals surface area contributed by atoms with Crippen molar-refractivity contribution in [3.8, 4) is 0 Å². The molecule has 2 heterocycles. The molecule has 1 unspecified atom stereocenters. The van der Waals surface area contributed by atoms with Crippen LogP contribution in [0.15, 0.2) is 35.7 Å². The van der Waals surface area contributed by atoms with E-state index in [0.717, 1.165) is 5.56 Å². The van der Waals surface area contributed by atoms with Crippen LogP contribution in [0.4, 0.5) is 0 Å². The van der Waals surface area contributed by atoms with E-state index >= 15 is 0 Å². The number of pyridine rings is 1. The summed E-state index contributed by atoms with van der Waals surface area (Å²) >= 11 is 0. The van der Waals surface area contributed by atoms with E-state index < -0.39 is 10.0 Å². The molecule has 6 nitrogen and oxygen atoms in total. The number of aromatic nitrogens is 3. The molecule has 1 atom stereocenters. The molecule has 0 amide bonds. The van der Waals surface area contributed by atoms with Gasteiger partial charge in [0.15, 0.2) is 5.03 Å². The average molecular weight is 294 g/mol. The Morgan fingerprint density at radius 1 is 1.30 bits per heavy atom. The lowest BCUT2D eigenvalue weighted by Crippen LogP contribution is -2.30. The third kappa shape index (κ3) is 2.59. The van der Waals surface area contributed by atoms with Gasteiger partial charge in [0, 0.05) is 38.7 Å². The highest BCUT2D eigenvalue weighted by Gasteiger charge is 2.28. The molecule has 108 valence electrons. The van der Waals surface area contributed by atoms with Crippen molar-refractivity contribution in [1.82, 2.24) is 18.8 Å². The van der Waals surface area contributed by atoms with E-state index in [0.29, 0.717) is 5.82 Å². The number of hydrogen-bond acceptors (Lipinski definition) is 4. The largest absolute Gasteiger partial charge is 0.337 e. The lowest BCUT2D eigenvalue weighted by molar-refractivity contribution is 0.396. The van der Waals surface area contributed by atoms with Crippen molar-refractivity contribution in [2.75, 3.05) is 7.05 Å². The smallest absolute Gasteiger partial charge is 0.262 e. The molecule has 0 spiro atoms. The first-order valence-corrected chi connectivity index (χ1v) is 7.66. The monoisotopic (exact) mass is 294 g/mol. The Hall–Kier alpha value is -1.73. The van der Waals surface area contributed by atoms with Crippen molar-refractivity contribution in [3.63, 3.8) is 0 Å². The fraction of sp³-hybridized carbons (Fsp3) is 0.385. The Kier molecular flexibility index (Phi) is 3.92. The lowest BCUT2D eigenvalue weighted by atomic mass is 10.1. The fourth-order valence-electron chi connectivity index (χ4n) is 1.86. The quantitative estimate of drug-likeness (QED) is 0.857. The maximum Gasteiger partial charge on any atom is 0.262 e. The molecule has 0 saturated carbocycles. The molecule has 0 radical (unpaired) electrons. The Morgan fingerprint density at radius 3 is 2.40 bits per heavy atom. The first-order chi connectivity index (χ1) is 9.34. The first-order valence-electron chi connectivity index (χ1n) is 6.22. The summed E-state index contributed by atoms with van der Waals surface area (Å²) in [5, 5.41) is 0.0703. The van der Waals surface area contributed by atoms with E-state index in [4.69, 9.17) is 0 Å². The fourth-order valence-corrected chi connectivity index (χ4v) is 3.23. The molecule has 20 heavy (non-hydrogen) atoms. The molecule has 0 N–H and O–H groups in total. The zero-order chi connectivity index (χ0) is 14.9. The van der Waals surface area contributed by atoms with Crippen molar-refractivity contribution in [1.29, 1.82) is 0 Å². The van der Waals surface area contributed by atoms with E-state index in [1.54, 1.807) is 50.1 Å². The van der Waals surface area contributed by atoms with Crippen LogP contribution in [0.1, 0.15) is 24.4 Å². The lowest BCUT2D eigenvalue weighted by Gasteiger charge is -2.23. The van der Waals surface area contributed by atoms with Crippen LogP contribution in [-0.4, -0.2) is 34.3 Å². The predicted octanol–water partition coefficient (Wildman–Crippen LogP) is 1.51. The third-order valence-corrected chi connectivity index (χ3v) is 5.26. The maximum atomic E-state index is 12.5. The number of imidazole rings is 1. The minimum absolute atomic E-state index is 0.0703. The molecule has 0 aliphatic carbocycles. The van der Waals surface area contributed by atoms with E-state index in [2.05, 4.69) is 9.97 Å². The van der Waals surface area contributed by atoms with E-state index in [-0.39, 0.29) is 11.1 Å². The third-order valence-electron chi connectivity index (χ3n) is 3.46. The van der Waals surface area contributed by atoms with Gasteiger partial charge in [0.2, 0.25) is 0 Å². The van der Waals surface area contributed by atoms with E-state index in [9.17, 15) is 8.42 Å². The number of rotatable bonds is 4. The molecule has 0 bridgehead atoms. The summed E-state index contributed by atoms with van der Waals surface area (Å²) in [7, 11) is -0.276. The summed E-state index contributed by atoms with van der Waals surface area (Å²) in [6.07, 6.45) is 4.83. The highest BCUT2D eigenvalue weighted by Crippen LogP contribution is 2.24. The van der Waals surface area contributed by atoms with Crippen LogP contribution in [0.3, 0.4) is 0 Å². The normalized spacial score (nSPS) is 13.7. The van der Waals surface area contributed by atoms with Gasteiger partial charge < -0.3 is 4.57 Å². The van der Waals surface area contributed by atoms with Crippen molar-refractivity contribution in [3.05, 3.63) is 42.1 Å². The van der Waals surface area contributed by atoms with Crippen LogP contribution in [-0.2, 0) is 17.1 Å². The van der Waals surface area contributed by atoms with Crippen molar-refractivity contribution in [2.45, 2.75) is 24.9 Å². The molecular formula is C13H18N4O2S. The van der Waals surface area contributed by atoms with Crippen molar-refractivity contribution >= 4 is 10.0 Å². The second-order valence-corrected chi connectivity index (χ2v) is 6.66. The molecule has 0 aliphatic rings. The van der Waals surface area contributed by atoms with Crippen molar-refractivity contribution in [2.24, 2.45) is 7.05 Å². The van der Waals surface area contributed by atoms with Gasteiger partial charge in [-0.05, 0) is 31.5 Å².